The van der Waals surface area contributed by atoms with Crippen LogP contribution < -0.4 is 5.32 Å². The van der Waals surface area contributed by atoms with Crippen molar-refractivity contribution in [3.05, 3.63) is 11.4 Å². The molecule has 1 unspecified atom stereocenters. The van der Waals surface area contributed by atoms with Crippen molar-refractivity contribution >= 4 is 24.1 Å². The molecule has 0 bridgehead atoms. The van der Waals surface area contributed by atoms with E-state index >= 15 is 0 Å². The molecule has 2 rings (SSSR count). The maximum atomic E-state index is 10.7. The van der Waals surface area contributed by atoms with Gasteiger partial charge in [0.15, 0.2) is 11.4 Å². The number of aliphatic carboxylic acids is 2. The number of carboxylic acids is 2. The van der Waals surface area contributed by atoms with Gasteiger partial charge in [-0.2, -0.15) is 0 Å². The molecule has 0 saturated carbocycles. The minimum atomic E-state index is -1.30. The number of carbonyl (C=O) groups excluding carboxylic acids is 1. The van der Waals surface area contributed by atoms with Crippen LogP contribution >= 0.6 is 0 Å². The van der Waals surface area contributed by atoms with Gasteiger partial charge in [-0.05, 0) is 6.92 Å². The standard InChI is InChI=1S/C6H10N2O.C5H5NO5/c1-5(9)6-2-7-4-8-3-6;1-11-6-2(4(7)8)3(6)5(9)10/h4,6H,2-3H2,1H3,(H,7,8);1H3,(H,7,8)(H,9,10). The summed E-state index contributed by atoms with van der Waals surface area (Å²) in [4.78, 5) is 39.4. The van der Waals surface area contributed by atoms with Crippen LogP contribution in [0.3, 0.4) is 0 Å². The van der Waals surface area contributed by atoms with E-state index < -0.39 is 11.9 Å². The van der Waals surface area contributed by atoms with Gasteiger partial charge in [0.1, 0.15) is 5.78 Å². The molecule has 0 amide bonds. The van der Waals surface area contributed by atoms with E-state index in [4.69, 9.17) is 10.2 Å². The zero-order valence-corrected chi connectivity index (χ0v) is 11.0. The first-order valence-electron chi connectivity index (χ1n) is 5.67. The molecule has 0 radical (unpaired) electrons. The van der Waals surface area contributed by atoms with Gasteiger partial charge in [0, 0.05) is 6.54 Å². The minimum Gasteiger partial charge on any atom is -0.476 e. The van der Waals surface area contributed by atoms with Crippen molar-refractivity contribution in [3.8, 4) is 0 Å². The van der Waals surface area contributed by atoms with E-state index in [0.29, 0.717) is 6.54 Å². The van der Waals surface area contributed by atoms with Gasteiger partial charge >= 0.3 is 11.9 Å². The zero-order chi connectivity index (χ0) is 15.3. The van der Waals surface area contributed by atoms with Crippen LogP contribution in [0, 0.1) is 5.92 Å². The Morgan fingerprint density at radius 1 is 1.35 bits per heavy atom. The molecule has 2 heterocycles. The molecule has 0 spiro atoms. The van der Waals surface area contributed by atoms with E-state index in [1.54, 1.807) is 13.3 Å². The molecule has 1 atom stereocenters. The minimum absolute atomic E-state index is 0.106. The van der Waals surface area contributed by atoms with Gasteiger partial charge in [0.2, 0.25) is 0 Å². The van der Waals surface area contributed by atoms with Gasteiger partial charge in [0.25, 0.3) is 0 Å². The Labute approximate surface area is 114 Å². The summed E-state index contributed by atoms with van der Waals surface area (Å²) in [6, 6.07) is 0. The van der Waals surface area contributed by atoms with Gasteiger partial charge in [-0.3, -0.25) is 14.6 Å². The average molecular weight is 285 g/mol. The number of rotatable bonds is 4. The first kappa shape index (κ1) is 15.6. The van der Waals surface area contributed by atoms with Crippen LogP contribution in [0.1, 0.15) is 6.92 Å². The Balaban J connectivity index is 0.000000204. The predicted octanol–water partition coefficient (Wildman–Crippen LogP) is -0.933. The SMILES string of the molecule is CC(=O)C1CN=CNC1.CON1C(C(=O)O)=C1C(=O)O. The second-order valence-corrected chi connectivity index (χ2v) is 3.99. The van der Waals surface area contributed by atoms with Crippen LogP contribution in [0.4, 0.5) is 0 Å². The highest BCUT2D eigenvalue weighted by Gasteiger charge is 2.45. The molecule has 3 N–H and O–H groups in total. The first-order chi connectivity index (χ1) is 9.40. The number of carbonyl (C=O) groups is 3. The summed E-state index contributed by atoms with van der Waals surface area (Å²) < 4.78 is 0. The lowest BCUT2D eigenvalue weighted by Crippen LogP contribution is -2.32. The van der Waals surface area contributed by atoms with Gasteiger partial charge < -0.3 is 15.5 Å². The summed E-state index contributed by atoms with van der Waals surface area (Å²) >= 11 is 0. The van der Waals surface area contributed by atoms with Gasteiger partial charge in [0.05, 0.1) is 25.9 Å². The number of nitrogens with zero attached hydrogens (tertiary/aromatic N) is 2. The summed E-state index contributed by atoms with van der Waals surface area (Å²) in [5.74, 6) is -2.28. The van der Waals surface area contributed by atoms with E-state index in [2.05, 4.69) is 15.1 Å². The highest BCUT2D eigenvalue weighted by atomic mass is 16.7. The molecule has 2 aliphatic heterocycles. The van der Waals surface area contributed by atoms with Crippen molar-refractivity contribution in [1.82, 2.24) is 10.4 Å². The molecule has 0 aromatic heterocycles. The molecular formula is C11H15N3O6. The molecule has 9 heteroatoms. The predicted molar refractivity (Wildman–Crippen MR) is 66.7 cm³/mol. The van der Waals surface area contributed by atoms with Crippen LogP contribution in [0.5, 0.6) is 0 Å². The third-order valence-corrected chi connectivity index (χ3v) is 2.62. The molecule has 110 valence electrons. The van der Waals surface area contributed by atoms with Crippen LogP contribution in [0.2, 0.25) is 0 Å². The fraction of sp³-hybridized carbons (Fsp3) is 0.455. The number of hydroxylamine groups is 2. The van der Waals surface area contributed by atoms with E-state index in [1.165, 1.54) is 7.11 Å². The monoisotopic (exact) mass is 285 g/mol. The van der Waals surface area contributed by atoms with Crippen LogP contribution in [-0.4, -0.2) is 59.5 Å². The van der Waals surface area contributed by atoms with E-state index in [-0.39, 0.29) is 23.1 Å². The van der Waals surface area contributed by atoms with Gasteiger partial charge in [-0.1, -0.05) is 0 Å². The topological polar surface area (TPSA) is 128 Å². The number of aliphatic imine (C=N–C) groups is 1. The van der Waals surface area contributed by atoms with Crippen molar-refractivity contribution in [2.45, 2.75) is 6.92 Å². The average Bonchev–Trinajstić information content (AvgIpc) is 3.15. The Morgan fingerprint density at radius 2 is 1.90 bits per heavy atom. The maximum absolute atomic E-state index is 10.7. The molecule has 0 aromatic carbocycles. The number of hydrogen-bond donors (Lipinski definition) is 3. The fourth-order valence-electron chi connectivity index (χ4n) is 1.49. The highest BCUT2D eigenvalue weighted by molar-refractivity contribution is 6.04. The van der Waals surface area contributed by atoms with Gasteiger partial charge in [-0.25, -0.2) is 14.7 Å². The first-order valence-corrected chi connectivity index (χ1v) is 5.67. The summed E-state index contributed by atoms with van der Waals surface area (Å²) in [6.07, 6.45) is 1.65. The number of hydrogen-bond acceptors (Lipinski definition) is 7. The van der Waals surface area contributed by atoms with Crippen molar-refractivity contribution in [2.24, 2.45) is 10.9 Å². The summed E-state index contributed by atoms with van der Waals surface area (Å²) in [7, 11) is 1.19. The van der Waals surface area contributed by atoms with E-state index in [1.807, 2.05) is 0 Å². The fourth-order valence-corrected chi connectivity index (χ4v) is 1.49. The zero-order valence-electron chi connectivity index (χ0n) is 11.0. The molecule has 0 fully saturated rings. The molecule has 2 aliphatic rings. The number of ketones is 1. The molecular weight excluding hydrogens is 270 g/mol. The van der Waals surface area contributed by atoms with Crippen molar-refractivity contribution in [1.29, 1.82) is 0 Å². The summed E-state index contributed by atoms with van der Waals surface area (Å²) in [5, 5.41) is 20.3. The normalized spacial score (nSPS) is 19.7. The maximum Gasteiger partial charge on any atom is 0.357 e. The lowest BCUT2D eigenvalue weighted by molar-refractivity contribution is -0.137. The highest BCUT2D eigenvalue weighted by Crippen LogP contribution is 2.31. The Bertz CT molecular complexity index is 461. The second-order valence-electron chi connectivity index (χ2n) is 3.99. The smallest absolute Gasteiger partial charge is 0.357 e. The Kier molecular flexibility index (Phi) is 5.21. The number of Topliss-reactive ketones (excluding diaryl/α,β-unsaturated/α-hetero) is 1. The molecule has 9 nitrogen and oxygen atoms in total. The second kappa shape index (κ2) is 6.66. The Hall–Kier alpha value is -2.42. The molecule has 0 aromatic rings. The van der Waals surface area contributed by atoms with E-state index in [0.717, 1.165) is 11.6 Å². The molecule has 20 heavy (non-hydrogen) atoms. The number of nitrogens with one attached hydrogen (secondary N) is 1. The third-order valence-electron chi connectivity index (χ3n) is 2.62. The molecule has 0 aliphatic carbocycles. The lowest BCUT2D eigenvalue weighted by atomic mass is 10.1. The molecule has 0 saturated heterocycles. The quantitative estimate of drug-likeness (QED) is 0.604. The largest absolute Gasteiger partial charge is 0.476 e. The van der Waals surface area contributed by atoms with Crippen LogP contribution in [-0.2, 0) is 19.2 Å². The van der Waals surface area contributed by atoms with E-state index in [9.17, 15) is 14.4 Å². The van der Waals surface area contributed by atoms with Crippen molar-refractivity contribution in [2.75, 3.05) is 20.2 Å². The lowest BCUT2D eigenvalue weighted by Gasteiger charge is -2.14. The third kappa shape index (κ3) is 3.79. The van der Waals surface area contributed by atoms with Crippen LogP contribution in [0.15, 0.2) is 16.4 Å². The summed E-state index contributed by atoms with van der Waals surface area (Å²) in [5.41, 5.74) is -0.639. The van der Waals surface area contributed by atoms with Gasteiger partial charge in [-0.15, -0.1) is 0 Å². The Morgan fingerprint density at radius 3 is 2.10 bits per heavy atom. The number of carboxylic acid groups (broad SMARTS) is 2. The van der Waals surface area contributed by atoms with Crippen molar-refractivity contribution in [3.63, 3.8) is 0 Å². The summed E-state index contributed by atoms with van der Waals surface area (Å²) in [6.45, 7) is 3.01. The van der Waals surface area contributed by atoms with Crippen LogP contribution in [0.25, 0.3) is 0 Å². The van der Waals surface area contributed by atoms with Crippen molar-refractivity contribution < 1.29 is 29.4 Å².